The van der Waals surface area contributed by atoms with Crippen LogP contribution in [0, 0.1) is 6.92 Å². The second kappa shape index (κ2) is 9.70. The Balaban J connectivity index is 2.14. The van der Waals surface area contributed by atoms with Gasteiger partial charge in [0.15, 0.2) is 11.5 Å². The van der Waals surface area contributed by atoms with Gasteiger partial charge in [0.1, 0.15) is 6.61 Å². The third kappa shape index (κ3) is 5.53. The first-order valence-electron chi connectivity index (χ1n) is 8.48. The van der Waals surface area contributed by atoms with E-state index in [9.17, 15) is 0 Å². The minimum atomic E-state index is 0.522. The third-order valence-electron chi connectivity index (χ3n) is 3.59. The Kier molecular flexibility index (Phi) is 7.60. The van der Waals surface area contributed by atoms with Gasteiger partial charge in [-0.3, -0.25) is 0 Å². The van der Waals surface area contributed by atoms with Crippen molar-refractivity contribution in [2.24, 2.45) is 0 Å². The van der Waals surface area contributed by atoms with Gasteiger partial charge in [0, 0.05) is 6.54 Å². The van der Waals surface area contributed by atoms with Crippen LogP contribution in [0.5, 0.6) is 11.5 Å². The number of aryl methyl sites for hydroxylation is 1. The first-order chi connectivity index (χ1) is 11.6. The smallest absolute Gasteiger partial charge is 0.175 e. The SMILES string of the molecule is CCCNCc1cc(Br)c(OCc2cccc(C)c2)c(OCC)c1. The predicted octanol–water partition coefficient (Wildman–Crippen LogP) is 5.23. The molecule has 130 valence electrons. The fourth-order valence-corrected chi connectivity index (χ4v) is 3.10. The summed E-state index contributed by atoms with van der Waals surface area (Å²) in [6.45, 7) is 9.20. The molecule has 3 nitrogen and oxygen atoms in total. The molecule has 0 spiro atoms. The summed E-state index contributed by atoms with van der Waals surface area (Å²) in [5.41, 5.74) is 3.57. The van der Waals surface area contributed by atoms with Crippen LogP contribution in [0.25, 0.3) is 0 Å². The van der Waals surface area contributed by atoms with Gasteiger partial charge in [-0.1, -0.05) is 36.8 Å². The zero-order valence-electron chi connectivity index (χ0n) is 14.7. The van der Waals surface area contributed by atoms with Crippen molar-refractivity contribution in [3.05, 3.63) is 57.6 Å². The van der Waals surface area contributed by atoms with Crippen molar-refractivity contribution in [2.75, 3.05) is 13.2 Å². The normalized spacial score (nSPS) is 10.7. The van der Waals surface area contributed by atoms with Crippen LogP contribution < -0.4 is 14.8 Å². The van der Waals surface area contributed by atoms with Gasteiger partial charge in [-0.2, -0.15) is 0 Å². The maximum atomic E-state index is 6.05. The summed E-state index contributed by atoms with van der Waals surface area (Å²) in [5.74, 6) is 1.55. The largest absolute Gasteiger partial charge is 0.490 e. The molecule has 2 rings (SSSR count). The van der Waals surface area contributed by atoms with Gasteiger partial charge in [-0.25, -0.2) is 0 Å². The second-order valence-corrected chi connectivity index (χ2v) is 6.65. The molecule has 1 N–H and O–H groups in total. The van der Waals surface area contributed by atoms with Crippen LogP contribution >= 0.6 is 15.9 Å². The van der Waals surface area contributed by atoms with Crippen LogP contribution in [0.15, 0.2) is 40.9 Å². The summed E-state index contributed by atoms with van der Waals surface area (Å²) in [4.78, 5) is 0. The highest BCUT2D eigenvalue weighted by atomic mass is 79.9. The van der Waals surface area contributed by atoms with Crippen LogP contribution in [-0.4, -0.2) is 13.2 Å². The highest BCUT2D eigenvalue weighted by Crippen LogP contribution is 2.37. The molecule has 0 bridgehead atoms. The quantitative estimate of drug-likeness (QED) is 0.593. The van der Waals surface area contributed by atoms with E-state index in [0.29, 0.717) is 13.2 Å². The van der Waals surface area contributed by atoms with Crippen LogP contribution in [-0.2, 0) is 13.2 Å². The van der Waals surface area contributed by atoms with E-state index in [4.69, 9.17) is 9.47 Å². The van der Waals surface area contributed by atoms with E-state index in [1.165, 1.54) is 11.1 Å². The zero-order chi connectivity index (χ0) is 17.4. The second-order valence-electron chi connectivity index (χ2n) is 5.79. The van der Waals surface area contributed by atoms with E-state index in [1.54, 1.807) is 0 Å². The molecule has 2 aromatic carbocycles. The predicted molar refractivity (Wildman–Crippen MR) is 103 cm³/mol. The molecule has 0 heterocycles. The van der Waals surface area contributed by atoms with E-state index >= 15 is 0 Å². The topological polar surface area (TPSA) is 30.5 Å². The highest BCUT2D eigenvalue weighted by molar-refractivity contribution is 9.10. The summed E-state index contributed by atoms with van der Waals surface area (Å²) in [7, 11) is 0. The summed E-state index contributed by atoms with van der Waals surface area (Å²) in [6.07, 6.45) is 1.12. The Bertz CT molecular complexity index is 658. The number of benzene rings is 2. The van der Waals surface area contributed by atoms with Gasteiger partial charge in [0.05, 0.1) is 11.1 Å². The lowest BCUT2D eigenvalue weighted by atomic mass is 10.1. The Hall–Kier alpha value is -1.52. The molecular weight excluding hydrogens is 366 g/mol. The van der Waals surface area contributed by atoms with Gasteiger partial charge >= 0.3 is 0 Å². The summed E-state index contributed by atoms with van der Waals surface area (Å²) in [6, 6.07) is 12.5. The minimum absolute atomic E-state index is 0.522. The highest BCUT2D eigenvalue weighted by Gasteiger charge is 2.12. The van der Waals surface area contributed by atoms with Crippen LogP contribution in [0.1, 0.15) is 37.0 Å². The fourth-order valence-electron chi connectivity index (χ4n) is 2.49. The van der Waals surface area contributed by atoms with Crippen LogP contribution in [0.4, 0.5) is 0 Å². The summed E-state index contributed by atoms with van der Waals surface area (Å²) < 4.78 is 12.8. The number of halogens is 1. The molecule has 0 atom stereocenters. The first kappa shape index (κ1) is 18.8. The molecule has 4 heteroatoms. The minimum Gasteiger partial charge on any atom is -0.490 e. The Morgan fingerprint density at radius 1 is 1.04 bits per heavy atom. The van der Waals surface area contributed by atoms with Gasteiger partial charge in [-0.05, 0) is 66.0 Å². The molecule has 0 aliphatic heterocycles. The number of hydrogen-bond donors (Lipinski definition) is 1. The first-order valence-corrected chi connectivity index (χ1v) is 9.27. The molecule has 2 aromatic rings. The van der Waals surface area contributed by atoms with Crippen molar-refractivity contribution < 1.29 is 9.47 Å². The Morgan fingerprint density at radius 2 is 1.88 bits per heavy atom. The van der Waals surface area contributed by atoms with Crippen molar-refractivity contribution in [3.8, 4) is 11.5 Å². The van der Waals surface area contributed by atoms with Crippen LogP contribution in [0.2, 0.25) is 0 Å². The lowest BCUT2D eigenvalue weighted by Crippen LogP contribution is -2.14. The van der Waals surface area contributed by atoms with E-state index in [-0.39, 0.29) is 0 Å². The standard InChI is InChI=1S/C20H26BrNO2/c1-4-9-22-13-17-11-18(21)20(19(12-17)23-5-2)24-14-16-8-6-7-15(3)10-16/h6-8,10-12,22H,4-5,9,13-14H2,1-3H3. The molecular formula is C20H26BrNO2. The Morgan fingerprint density at radius 3 is 2.58 bits per heavy atom. The van der Waals surface area contributed by atoms with E-state index in [1.807, 2.05) is 6.92 Å². The van der Waals surface area contributed by atoms with Crippen molar-refractivity contribution >= 4 is 15.9 Å². The zero-order valence-corrected chi connectivity index (χ0v) is 16.3. The van der Waals surface area contributed by atoms with E-state index in [2.05, 4.69) is 71.5 Å². The number of ether oxygens (including phenoxy) is 2. The molecule has 0 amide bonds. The maximum absolute atomic E-state index is 6.05. The molecule has 0 aliphatic carbocycles. The molecule has 0 saturated heterocycles. The molecule has 24 heavy (non-hydrogen) atoms. The van der Waals surface area contributed by atoms with Gasteiger partial charge in [0.25, 0.3) is 0 Å². The lowest BCUT2D eigenvalue weighted by Gasteiger charge is -2.16. The van der Waals surface area contributed by atoms with E-state index < -0.39 is 0 Å². The van der Waals surface area contributed by atoms with Crippen molar-refractivity contribution in [1.29, 1.82) is 0 Å². The van der Waals surface area contributed by atoms with Gasteiger partial charge in [0.2, 0.25) is 0 Å². The van der Waals surface area contributed by atoms with Crippen LogP contribution in [0.3, 0.4) is 0 Å². The van der Waals surface area contributed by atoms with Crippen molar-refractivity contribution in [3.63, 3.8) is 0 Å². The Labute approximate surface area is 153 Å². The van der Waals surface area contributed by atoms with E-state index in [0.717, 1.165) is 41.0 Å². The maximum Gasteiger partial charge on any atom is 0.175 e. The molecule has 0 aliphatic rings. The van der Waals surface area contributed by atoms with Gasteiger partial charge in [-0.15, -0.1) is 0 Å². The number of nitrogens with one attached hydrogen (secondary N) is 1. The lowest BCUT2D eigenvalue weighted by molar-refractivity contribution is 0.267. The summed E-state index contributed by atoms with van der Waals surface area (Å²) in [5, 5.41) is 3.41. The molecule has 0 fully saturated rings. The third-order valence-corrected chi connectivity index (χ3v) is 4.18. The number of hydrogen-bond acceptors (Lipinski definition) is 3. The fraction of sp³-hybridized carbons (Fsp3) is 0.400. The monoisotopic (exact) mass is 391 g/mol. The van der Waals surface area contributed by atoms with Gasteiger partial charge < -0.3 is 14.8 Å². The molecule has 0 unspecified atom stereocenters. The van der Waals surface area contributed by atoms with Crippen molar-refractivity contribution in [1.82, 2.24) is 5.32 Å². The molecule has 0 saturated carbocycles. The molecule has 0 radical (unpaired) electrons. The van der Waals surface area contributed by atoms with Crippen molar-refractivity contribution in [2.45, 2.75) is 40.3 Å². The average Bonchev–Trinajstić information content (AvgIpc) is 2.55. The number of rotatable bonds is 9. The summed E-state index contributed by atoms with van der Waals surface area (Å²) >= 11 is 3.63. The molecule has 0 aromatic heterocycles. The average molecular weight is 392 g/mol.